The fourth-order valence-electron chi connectivity index (χ4n) is 3.21. The predicted molar refractivity (Wildman–Crippen MR) is 115 cm³/mol. The van der Waals surface area contributed by atoms with Crippen LogP contribution >= 0.6 is 11.6 Å². The molecular weight excluding hydrogens is 464 g/mol. The molecule has 0 saturated carbocycles. The van der Waals surface area contributed by atoms with Gasteiger partial charge in [0.1, 0.15) is 23.4 Å². The Morgan fingerprint density at radius 2 is 1.94 bits per heavy atom. The summed E-state index contributed by atoms with van der Waals surface area (Å²) in [6, 6.07) is 9.59. The number of carbonyl (C=O) groups is 1. The quantitative estimate of drug-likeness (QED) is 0.604. The number of anilines is 2. The van der Waals surface area contributed by atoms with Gasteiger partial charge in [0.05, 0.1) is 33.9 Å². The van der Waals surface area contributed by atoms with Crippen molar-refractivity contribution in [3.05, 3.63) is 76.9 Å². The zero-order chi connectivity index (χ0) is 23.0. The van der Waals surface area contributed by atoms with E-state index in [0.29, 0.717) is 0 Å². The average Bonchev–Trinajstić information content (AvgIpc) is 2.73. The lowest BCUT2D eigenvalue weighted by Crippen LogP contribution is -2.42. The van der Waals surface area contributed by atoms with Crippen LogP contribution in [-0.2, 0) is 10.0 Å². The Morgan fingerprint density at radius 1 is 1.22 bits per heavy atom. The number of carbonyl (C=O) groups excluding carboxylic acids is 1. The van der Waals surface area contributed by atoms with Gasteiger partial charge in [-0.2, -0.15) is 0 Å². The topological polar surface area (TPSA) is 88.6 Å². The third-order valence-electron chi connectivity index (χ3n) is 4.69. The van der Waals surface area contributed by atoms with Gasteiger partial charge in [0.2, 0.25) is 5.88 Å². The molecule has 0 aliphatic carbocycles. The van der Waals surface area contributed by atoms with Crippen LogP contribution in [0.1, 0.15) is 17.3 Å². The van der Waals surface area contributed by atoms with Crippen LogP contribution in [-0.4, -0.2) is 32.0 Å². The van der Waals surface area contributed by atoms with Crippen LogP contribution in [0.5, 0.6) is 5.88 Å². The minimum Gasteiger partial charge on any atom is -0.471 e. The van der Waals surface area contributed by atoms with Crippen LogP contribution in [0.2, 0.25) is 5.02 Å². The summed E-state index contributed by atoms with van der Waals surface area (Å²) in [7, 11) is -4.08. The normalized spacial score (nSPS) is 15.6. The van der Waals surface area contributed by atoms with E-state index in [1.54, 1.807) is 6.92 Å². The Hall–Kier alpha value is -3.24. The van der Waals surface area contributed by atoms with E-state index in [0.717, 1.165) is 34.6 Å². The molecule has 4 rings (SSSR count). The minimum atomic E-state index is -4.08. The lowest BCUT2D eigenvalue weighted by molar-refractivity contribution is 0.102. The Balaban J connectivity index is 1.71. The number of nitrogens with one attached hydrogen (secondary N) is 1. The summed E-state index contributed by atoms with van der Waals surface area (Å²) in [5, 5.41) is 2.39. The Labute approximate surface area is 187 Å². The van der Waals surface area contributed by atoms with Gasteiger partial charge in [-0.15, -0.1) is 0 Å². The number of nitrogens with zero attached hydrogens (tertiary/aromatic N) is 2. The molecule has 1 atom stereocenters. The molecule has 0 fully saturated rings. The average molecular weight is 480 g/mol. The number of ether oxygens (including phenoxy) is 1. The molecule has 32 heavy (non-hydrogen) atoms. The van der Waals surface area contributed by atoms with Gasteiger partial charge in [-0.05, 0) is 49.4 Å². The van der Waals surface area contributed by atoms with Crippen LogP contribution < -0.4 is 14.4 Å². The number of hydrogen-bond donors (Lipinski definition) is 1. The van der Waals surface area contributed by atoms with E-state index in [1.807, 2.05) is 0 Å². The van der Waals surface area contributed by atoms with Crippen LogP contribution in [0.25, 0.3) is 0 Å². The number of sulfonamides is 1. The van der Waals surface area contributed by atoms with E-state index in [1.165, 1.54) is 24.4 Å². The monoisotopic (exact) mass is 479 g/mol. The highest BCUT2D eigenvalue weighted by Gasteiger charge is 2.34. The number of benzene rings is 2. The van der Waals surface area contributed by atoms with Gasteiger partial charge in [-0.3, -0.25) is 9.10 Å². The molecule has 1 aliphatic rings. The highest BCUT2D eigenvalue weighted by atomic mass is 35.5. The SMILES string of the molecule is CC1CN(S(=O)(=O)c2ccc(F)cc2)c2cc(NC(=O)c3c(F)cccc3Cl)cnc2O1. The number of rotatable bonds is 4. The van der Waals surface area contributed by atoms with Gasteiger partial charge >= 0.3 is 0 Å². The van der Waals surface area contributed by atoms with E-state index >= 15 is 0 Å². The van der Waals surface area contributed by atoms with Gasteiger partial charge in [-0.25, -0.2) is 22.2 Å². The number of hydrogen-bond acceptors (Lipinski definition) is 5. The summed E-state index contributed by atoms with van der Waals surface area (Å²) in [6.07, 6.45) is 0.745. The van der Waals surface area contributed by atoms with Crippen molar-refractivity contribution >= 4 is 38.9 Å². The van der Waals surface area contributed by atoms with Crippen molar-refractivity contribution in [1.29, 1.82) is 0 Å². The van der Waals surface area contributed by atoms with Gasteiger partial charge < -0.3 is 10.1 Å². The van der Waals surface area contributed by atoms with Gasteiger partial charge in [0.15, 0.2) is 0 Å². The lowest BCUT2D eigenvalue weighted by Gasteiger charge is -2.33. The number of halogens is 3. The molecule has 1 aromatic heterocycles. The van der Waals surface area contributed by atoms with E-state index in [9.17, 15) is 22.0 Å². The highest BCUT2D eigenvalue weighted by molar-refractivity contribution is 7.92. The molecule has 1 N–H and O–H groups in total. The third-order valence-corrected chi connectivity index (χ3v) is 6.79. The molecule has 11 heteroatoms. The summed E-state index contributed by atoms with van der Waals surface area (Å²) in [6.45, 7) is 1.64. The van der Waals surface area contributed by atoms with E-state index < -0.39 is 33.7 Å². The molecule has 0 spiro atoms. The number of amides is 1. The summed E-state index contributed by atoms with van der Waals surface area (Å²) >= 11 is 5.93. The van der Waals surface area contributed by atoms with Crippen molar-refractivity contribution in [2.75, 3.05) is 16.2 Å². The first-order chi connectivity index (χ1) is 15.2. The van der Waals surface area contributed by atoms with Crippen molar-refractivity contribution in [2.24, 2.45) is 0 Å². The molecule has 2 aromatic carbocycles. The lowest BCUT2D eigenvalue weighted by atomic mass is 10.2. The molecule has 0 saturated heterocycles. The first-order valence-corrected chi connectivity index (χ1v) is 11.2. The summed E-state index contributed by atoms with van der Waals surface area (Å²) in [5.74, 6) is -2.17. The second kappa shape index (κ2) is 8.36. The molecule has 3 aromatic rings. The maximum absolute atomic E-state index is 14.1. The summed E-state index contributed by atoms with van der Waals surface area (Å²) in [5.41, 5.74) is -0.178. The minimum absolute atomic E-state index is 0.0368. The molecule has 1 amide bonds. The fraction of sp³-hybridized carbons (Fsp3) is 0.143. The van der Waals surface area contributed by atoms with Crippen molar-refractivity contribution < 1.29 is 26.7 Å². The maximum Gasteiger partial charge on any atom is 0.264 e. The van der Waals surface area contributed by atoms with Gasteiger partial charge in [-0.1, -0.05) is 17.7 Å². The van der Waals surface area contributed by atoms with Crippen molar-refractivity contribution in [3.63, 3.8) is 0 Å². The number of fused-ring (bicyclic) bond motifs is 1. The highest BCUT2D eigenvalue weighted by Crippen LogP contribution is 2.37. The first kappa shape index (κ1) is 22.0. The maximum atomic E-state index is 14.1. The standard InChI is InChI=1S/C21H16ClF2N3O4S/c1-12-11-27(32(29,30)15-7-5-13(23)6-8-15)18-9-14(10-25-21(18)31-12)26-20(28)19-16(22)3-2-4-17(19)24/h2-10,12H,11H2,1H3,(H,26,28). The smallest absolute Gasteiger partial charge is 0.264 e. The summed E-state index contributed by atoms with van der Waals surface area (Å²) < 4.78 is 60.5. The molecular formula is C21H16ClF2N3O4S. The number of pyridine rings is 1. The van der Waals surface area contributed by atoms with Crippen molar-refractivity contribution in [2.45, 2.75) is 17.9 Å². The largest absolute Gasteiger partial charge is 0.471 e. The second-order valence-corrected chi connectivity index (χ2v) is 9.29. The van der Waals surface area contributed by atoms with Crippen molar-refractivity contribution in [1.82, 2.24) is 4.98 Å². The Bertz CT molecular complexity index is 1280. The Morgan fingerprint density at radius 3 is 2.62 bits per heavy atom. The van der Waals surface area contributed by atoms with Crippen LogP contribution in [0.3, 0.4) is 0 Å². The van der Waals surface area contributed by atoms with Gasteiger partial charge in [0.25, 0.3) is 15.9 Å². The van der Waals surface area contributed by atoms with Crippen molar-refractivity contribution in [3.8, 4) is 5.88 Å². The van der Waals surface area contributed by atoms with E-state index in [4.69, 9.17) is 16.3 Å². The molecule has 0 radical (unpaired) electrons. The van der Waals surface area contributed by atoms with E-state index in [-0.39, 0.29) is 39.3 Å². The molecule has 1 unspecified atom stereocenters. The van der Waals surface area contributed by atoms with Gasteiger partial charge in [0, 0.05) is 0 Å². The zero-order valence-corrected chi connectivity index (χ0v) is 18.1. The molecule has 0 bridgehead atoms. The van der Waals surface area contributed by atoms with Crippen LogP contribution in [0.4, 0.5) is 20.2 Å². The van der Waals surface area contributed by atoms with E-state index in [2.05, 4.69) is 10.3 Å². The Kier molecular flexibility index (Phi) is 5.74. The van der Waals surface area contributed by atoms with Crippen LogP contribution in [0.15, 0.2) is 59.6 Å². The number of aromatic nitrogens is 1. The van der Waals surface area contributed by atoms with Crippen LogP contribution in [0, 0.1) is 11.6 Å². The first-order valence-electron chi connectivity index (χ1n) is 9.37. The zero-order valence-electron chi connectivity index (χ0n) is 16.6. The molecule has 1 aliphatic heterocycles. The summed E-state index contributed by atoms with van der Waals surface area (Å²) in [4.78, 5) is 16.5. The third kappa shape index (κ3) is 4.11. The molecule has 7 nitrogen and oxygen atoms in total. The molecule has 166 valence electrons. The predicted octanol–water partition coefficient (Wildman–Crippen LogP) is 4.24. The molecule has 2 heterocycles. The fourth-order valence-corrected chi connectivity index (χ4v) is 4.99. The second-order valence-electron chi connectivity index (χ2n) is 7.02.